The Kier molecular flexibility index (Phi) is 4.75. The Balaban J connectivity index is 1.33. The molecule has 26 heavy (non-hydrogen) atoms. The molecule has 0 spiro atoms. The van der Waals surface area contributed by atoms with Crippen LogP contribution in [0.5, 0.6) is 17.2 Å². The first-order valence-electron chi connectivity index (χ1n) is 8.52. The number of rotatable bonds is 3. The van der Waals surface area contributed by atoms with Crippen LogP contribution >= 0.6 is 11.6 Å². The van der Waals surface area contributed by atoms with Gasteiger partial charge in [0.15, 0.2) is 11.5 Å². The van der Waals surface area contributed by atoms with Gasteiger partial charge in [0.2, 0.25) is 0 Å². The Morgan fingerprint density at radius 3 is 2.88 bits per heavy atom. The highest BCUT2D eigenvalue weighted by Gasteiger charge is 2.21. The summed E-state index contributed by atoms with van der Waals surface area (Å²) < 4.78 is 16.7. The van der Waals surface area contributed by atoms with Crippen molar-refractivity contribution in [1.82, 2.24) is 10.6 Å². The fourth-order valence-corrected chi connectivity index (χ4v) is 3.39. The first kappa shape index (κ1) is 16.8. The summed E-state index contributed by atoms with van der Waals surface area (Å²) in [6, 6.07) is 11.2. The maximum atomic E-state index is 12.2. The normalized spacial score (nSPS) is 17.7. The molecule has 0 aliphatic carbocycles. The van der Waals surface area contributed by atoms with Gasteiger partial charge < -0.3 is 24.8 Å². The largest absolute Gasteiger partial charge is 0.491 e. The van der Waals surface area contributed by atoms with Gasteiger partial charge in [-0.25, -0.2) is 4.79 Å². The molecular weight excluding hydrogens is 356 g/mol. The molecule has 2 aromatic carbocycles. The van der Waals surface area contributed by atoms with Crippen molar-refractivity contribution in [2.45, 2.75) is 19.0 Å². The van der Waals surface area contributed by atoms with Crippen LogP contribution in [0.15, 0.2) is 36.4 Å². The third kappa shape index (κ3) is 3.65. The van der Waals surface area contributed by atoms with Gasteiger partial charge in [-0.2, -0.15) is 0 Å². The molecule has 0 saturated carbocycles. The molecule has 2 N–H and O–H groups in total. The SMILES string of the molecule is O=C(NCc1cc(Cl)c2c(c1)OCCO2)NC1COc2ccccc2C1. The molecule has 4 rings (SSSR count). The van der Waals surface area contributed by atoms with E-state index in [1.807, 2.05) is 30.3 Å². The highest BCUT2D eigenvalue weighted by molar-refractivity contribution is 6.32. The third-order valence-corrected chi connectivity index (χ3v) is 4.60. The van der Waals surface area contributed by atoms with Gasteiger partial charge in [0.1, 0.15) is 25.6 Å². The predicted molar refractivity (Wildman–Crippen MR) is 97.2 cm³/mol. The highest BCUT2D eigenvalue weighted by Crippen LogP contribution is 2.38. The van der Waals surface area contributed by atoms with Crippen LogP contribution < -0.4 is 24.8 Å². The summed E-state index contributed by atoms with van der Waals surface area (Å²) in [6.07, 6.45) is 0.749. The predicted octanol–water partition coefficient (Wildman–Crippen LogP) is 2.91. The smallest absolute Gasteiger partial charge is 0.315 e. The van der Waals surface area contributed by atoms with Gasteiger partial charge >= 0.3 is 6.03 Å². The molecule has 0 radical (unpaired) electrons. The summed E-state index contributed by atoms with van der Waals surface area (Å²) in [4.78, 5) is 12.2. The number of hydrogen-bond acceptors (Lipinski definition) is 4. The topological polar surface area (TPSA) is 68.8 Å². The van der Waals surface area contributed by atoms with Gasteiger partial charge in [-0.05, 0) is 35.7 Å². The first-order chi connectivity index (χ1) is 12.7. The monoisotopic (exact) mass is 374 g/mol. The lowest BCUT2D eigenvalue weighted by atomic mass is 10.0. The Morgan fingerprint density at radius 2 is 1.96 bits per heavy atom. The van der Waals surface area contributed by atoms with Gasteiger partial charge in [0.25, 0.3) is 0 Å². The van der Waals surface area contributed by atoms with Crippen LogP contribution in [0.4, 0.5) is 4.79 Å². The number of nitrogens with one attached hydrogen (secondary N) is 2. The fraction of sp³-hybridized carbons (Fsp3) is 0.316. The Hall–Kier alpha value is -2.60. The number of urea groups is 1. The minimum Gasteiger partial charge on any atom is -0.491 e. The summed E-state index contributed by atoms with van der Waals surface area (Å²) >= 11 is 6.22. The summed E-state index contributed by atoms with van der Waals surface area (Å²) in [6.45, 7) is 1.77. The van der Waals surface area contributed by atoms with Crippen LogP contribution in [0.1, 0.15) is 11.1 Å². The van der Waals surface area contributed by atoms with Crippen molar-refractivity contribution in [2.24, 2.45) is 0 Å². The van der Waals surface area contributed by atoms with E-state index < -0.39 is 0 Å². The molecule has 136 valence electrons. The van der Waals surface area contributed by atoms with Crippen molar-refractivity contribution in [3.8, 4) is 17.2 Å². The van der Waals surface area contributed by atoms with Crippen molar-refractivity contribution >= 4 is 17.6 Å². The number of para-hydroxylation sites is 1. The maximum absolute atomic E-state index is 12.2. The van der Waals surface area contributed by atoms with E-state index in [1.165, 1.54) is 0 Å². The van der Waals surface area contributed by atoms with E-state index in [1.54, 1.807) is 6.07 Å². The lowest BCUT2D eigenvalue weighted by Gasteiger charge is -2.26. The molecule has 0 saturated heterocycles. The zero-order valence-corrected chi connectivity index (χ0v) is 14.8. The van der Waals surface area contributed by atoms with Crippen LogP contribution in [-0.4, -0.2) is 31.9 Å². The highest BCUT2D eigenvalue weighted by atomic mass is 35.5. The number of hydrogen-bond donors (Lipinski definition) is 2. The standard InChI is InChI=1S/C19H19ClN2O4/c20-15-7-12(8-17-18(15)25-6-5-24-17)10-21-19(23)22-14-9-13-3-1-2-4-16(13)26-11-14/h1-4,7-8,14H,5-6,9-11H2,(H2,21,22,23). The Labute approximate surface area is 156 Å². The molecule has 0 bridgehead atoms. The molecule has 2 heterocycles. The van der Waals surface area contributed by atoms with Crippen LogP contribution in [0.2, 0.25) is 5.02 Å². The Bertz CT molecular complexity index is 827. The van der Waals surface area contributed by atoms with Gasteiger partial charge in [-0.1, -0.05) is 29.8 Å². The van der Waals surface area contributed by atoms with Gasteiger partial charge in [-0.3, -0.25) is 0 Å². The molecular formula is C19H19ClN2O4. The summed E-state index contributed by atoms with van der Waals surface area (Å²) in [5.41, 5.74) is 1.95. The molecule has 2 amide bonds. The number of halogens is 1. The van der Waals surface area contributed by atoms with Crippen molar-refractivity contribution in [3.05, 3.63) is 52.5 Å². The lowest BCUT2D eigenvalue weighted by Crippen LogP contribution is -2.47. The van der Waals surface area contributed by atoms with Crippen molar-refractivity contribution in [3.63, 3.8) is 0 Å². The van der Waals surface area contributed by atoms with E-state index >= 15 is 0 Å². The summed E-state index contributed by atoms with van der Waals surface area (Å²) in [5.74, 6) is 2.05. The molecule has 6 nitrogen and oxygen atoms in total. The molecule has 1 unspecified atom stereocenters. The second-order valence-corrected chi connectivity index (χ2v) is 6.66. The van der Waals surface area contributed by atoms with E-state index in [0.29, 0.717) is 42.9 Å². The average molecular weight is 375 g/mol. The average Bonchev–Trinajstić information content (AvgIpc) is 2.66. The number of ether oxygens (including phenoxy) is 3. The maximum Gasteiger partial charge on any atom is 0.315 e. The summed E-state index contributed by atoms with van der Waals surface area (Å²) in [5, 5.41) is 6.27. The molecule has 0 aromatic heterocycles. The quantitative estimate of drug-likeness (QED) is 0.866. The van der Waals surface area contributed by atoms with Crippen LogP contribution in [0.3, 0.4) is 0 Å². The second-order valence-electron chi connectivity index (χ2n) is 6.25. The van der Waals surface area contributed by atoms with Gasteiger partial charge in [0, 0.05) is 6.54 Å². The number of amides is 2. The van der Waals surface area contributed by atoms with E-state index in [-0.39, 0.29) is 12.1 Å². The number of fused-ring (bicyclic) bond motifs is 2. The zero-order valence-electron chi connectivity index (χ0n) is 14.1. The molecule has 2 aromatic rings. The molecule has 0 fully saturated rings. The minimum atomic E-state index is -0.246. The van der Waals surface area contributed by atoms with Gasteiger partial charge in [0.05, 0.1) is 11.1 Å². The number of carbonyl (C=O) groups is 1. The van der Waals surface area contributed by atoms with Gasteiger partial charge in [-0.15, -0.1) is 0 Å². The fourth-order valence-electron chi connectivity index (χ4n) is 3.11. The van der Waals surface area contributed by atoms with E-state index in [2.05, 4.69) is 10.6 Å². The third-order valence-electron chi connectivity index (χ3n) is 4.32. The van der Waals surface area contributed by atoms with Crippen LogP contribution in [0.25, 0.3) is 0 Å². The second kappa shape index (κ2) is 7.33. The number of carbonyl (C=O) groups excluding carboxylic acids is 1. The Morgan fingerprint density at radius 1 is 1.12 bits per heavy atom. The molecule has 2 aliphatic heterocycles. The lowest BCUT2D eigenvalue weighted by molar-refractivity contribution is 0.171. The number of benzene rings is 2. The molecule has 7 heteroatoms. The minimum absolute atomic E-state index is 0.0613. The van der Waals surface area contributed by atoms with Crippen LogP contribution in [-0.2, 0) is 13.0 Å². The molecule has 1 atom stereocenters. The van der Waals surface area contributed by atoms with Crippen molar-refractivity contribution in [1.29, 1.82) is 0 Å². The zero-order chi connectivity index (χ0) is 17.9. The van der Waals surface area contributed by atoms with E-state index in [0.717, 1.165) is 23.3 Å². The van der Waals surface area contributed by atoms with Crippen molar-refractivity contribution in [2.75, 3.05) is 19.8 Å². The first-order valence-corrected chi connectivity index (χ1v) is 8.90. The summed E-state index contributed by atoms with van der Waals surface area (Å²) in [7, 11) is 0. The van der Waals surface area contributed by atoms with Crippen molar-refractivity contribution < 1.29 is 19.0 Å². The van der Waals surface area contributed by atoms with Crippen LogP contribution in [0, 0.1) is 0 Å². The van der Waals surface area contributed by atoms with E-state index in [4.69, 9.17) is 25.8 Å². The molecule has 2 aliphatic rings. The van der Waals surface area contributed by atoms with E-state index in [9.17, 15) is 4.79 Å².